The zero-order valence-electron chi connectivity index (χ0n) is 12.6. The normalized spacial score (nSPS) is 10.1. The maximum absolute atomic E-state index is 13.4. The van der Waals surface area contributed by atoms with Gasteiger partial charge in [0.1, 0.15) is 12.2 Å². The highest BCUT2D eigenvalue weighted by Gasteiger charge is 2.09. The quantitative estimate of drug-likeness (QED) is 0.762. The van der Waals surface area contributed by atoms with E-state index in [0.29, 0.717) is 18.5 Å². The van der Waals surface area contributed by atoms with Crippen LogP contribution in [0, 0.1) is 5.82 Å². The van der Waals surface area contributed by atoms with Crippen LogP contribution in [0.15, 0.2) is 48.8 Å². The first kappa shape index (κ1) is 16.6. The number of amides is 2. The van der Waals surface area contributed by atoms with Gasteiger partial charge in [-0.15, -0.1) is 0 Å². The minimum atomic E-state index is -0.384. The van der Waals surface area contributed by atoms with Crippen LogP contribution >= 0.6 is 0 Å². The molecule has 1 aromatic heterocycles. The third-order valence-corrected chi connectivity index (χ3v) is 3.21. The van der Waals surface area contributed by atoms with Crippen LogP contribution in [0.2, 0.25) is 0 Å². The number of hydrogen-bond donors (Lipinski definition) is 2. The number of rotatable bonds is 7. The van der Waals surface area contributed by atoms with Crippen molar-refractivity contribution < 1.29 is 14.0 Å². The number of carbonyl (C=O) groups excluding carboxylic acids is 2. The van der Waals surface area contributed by atoms with E-state index in [1.54, 1.807) is 36.7 Å². The Balaban J connectivity index is 1.66. The highest BCUT2D eigenvalue weighted by Crippen LogP contribution is 2.06. The van der Waals surface area contributed by atoms with Crippen molar-refractivity contribution >= 4 is 11.8 Å². The van der Waals surface area contributed by atoms with Crippen molar-refractivity contribution in [3.63, 3.8) is 0 Å². The molecule has 0 saturated heterocycles. The Morgan fingerprint density at radius 3 is 2.57 bits per heavy atom. The van der Waals surface area contributed by atoms with Crippen LogP contribution < -0.4 is 10.6 Å². The third-order valence-electron chi connectivity index (χ3n) is 3.21. The lowest BCUT2D eigenvalue weighted by Crippen LogP contribution is -2.32. The van der Waals surface area contributed by atoms with E-state index in [-0.39, 0.29) is 30.6 Å². The molecule has 2 aromatic rings. The van der Waals surface area contributed by atoms with Crippen molar-refractivity contribution in [2.75, 3.05) is 6.54 Å². The van der Waals surface area contributed by atoms with Gasteiger partial charge >= 0.3 is 0 Å². The van der Waals surface area contributed by atoms with Crippen molar-refractivity contribution in [1.82, 2.24) is 15.6 Å². The van der Waals surface area contributed by atoms with Gasteiger partial charge in [0.25, 0.3) is 0 Å². The van der Waals surface area contributed by atoms with Crippen LogP contribution in [0.4, 0.5) is 4.39 Å². The minimum absolute atomic E-state index is 0.252. The van der Waals surface area contributed by atoms with Crippen molar-refractivity contribution in [3.05, 3.63) is 65.7 Å². The summed E-state index contributed by atoms with van der Waals surface area (Å²) in [5.41, 5.74) is 1.40. The van der Waals surface area contributed by atoms with Crippen molar-refractivity contribution in [2.24, 2.45) is 0 Å². The smallest absolute Gasteiger partial charge is 0.229 e. The van der Waals surface area contributed by atoms with Crippen molar-refractivity contribution in [1.29, 1.82) is 0 Å². The van der Waals surface area contributed by atoms with Crippen LogP contribution in [0.1, 0.15) is 17.5 Å². The summed E-state index contributed by atoms with van der Waals surface area (Å²) in [6, 6.07) is 10.0. The molecule has 0 atom stereocenters. The van der Waals surface area contributed by atoms with Gasteiger partial charge < -0.3 is 10.6 Å². The maximum Gasteiger partial charge on any atom is 0.229 e. The second-order valence-corrected chi connectivity index (χ2v) is 5.01. The molecule has 0 aliphatic heterocycles. The van der Waals surface area contributed by atoms with E-state index in [1.807, 2.05) is 6.07 Å². The van der Waals surface area contributed by atoms with Gasteiger partial charge in [-0.2, -0.15) is 0 Å². The first-order valence-corrected chi connectivity index (χ1v) is 7.31. The molecule has 5 nitrogen and oxygen atoms in total. The topological polar surface area (TPSA) is 71.1 Å². The number of halogens is 1. The van der Waals surface area contributed by atoms with E-state index in [4.69, 9.17) is 0 Å². The average molecular weight is 315 g/mol. The molecule has 0 spiro atoms. The van der Waals surface area contributed by atoms with Gasteiger partial charge in [0, 0.05) is 25.5 Å². The van der Waals surface area contributed by atoms with E-state index >= 15 is 0 Å². The molecule has 0 saturated carbocycles. The lowest BCUT2D eigenvalue weighted by Gasteiger charge is -2.07. The Bertz CT molecular complexity index is 662. The molecule has 2 amide bonds. The van der Waals surface area contributed by atoms with Crippen molar-refractivity contribution in [2.45, 2.75) is 19.4 Å². The number of aromatic nitrogens is 1. The number of benzene rings is 1. The molecular formula is C17H18FN3O2. The molecule has 6 heteroatoms. The van der Waals surface area contributed by atoms with Gasteiger partial charge in [-0.05, 0) is 29.7 Å². The SMILES string of the molecule is O=C(CC(=O)NCc1cccnc1)NCCc1ccccc1F. The molecule has 0 radical (unpaired) electrons. The lowest BCUT2D eigenvalue weighted by atomic mass is 10.1. The second-order valence-electron chi connectivity index (χ2n) is 5.01. The standard InChI is InChI=1S/C17H18FN3O2/c18-15-6-2-1-5-14(15)7-9-20-16(22)10-17(23)21-12-13-4-3-8-19-11-13/h1-6,8,11H,7,9-10,12H2,(H,20,22)(H,21,23). The summed E-state index contributed by atoms with van der Waals surface area (Å²) < 4.78 is 13.4. The van der Waals surface area contributed by atoms with Gasteiger partial charge in [-0.3, -0.25) is 14.6 Å². The number of nitrogens with one attached hydrogen (secondary N) is 2. The third kappa shape index (κ3) is 5.86. The first-order chi connectivity index (χ1) is 11.1. The van der Waals surface area contributed by atoms with Crippen LogP contribution in [0.25, 0.3) is 0 Å². The zero-order valence-corrected chi connectivity index (χ0v) is 12.6. The lowest BCUT2D eigenvalue weighted by molar-refractivity contribution is -0.129. The van der Waals surface area contributed by atoms with Gasteiger partial charge in [-0.25, -0.2) is 4.39 Å². The summed E-state index contributed by atoms with van der Waals surface area (Å²) in [4.78, 5) is 27.3. The Morgan fingerprint density at radius 2 is 1.83 bits per heavy atom. The van der Waals surface area contributed by atoms with E-state index in [9.17, 15) is 14.0 Å². The Labute approximate surface area is 133 Å². The maximum atomic E-state index is 13.4. The number of pyridine rings is 1. The molecule has 0 aliphatic carbocycles. The zero-order chi connectivity index (χ0) is 16.5. The molecule has 2 N–H and O–H groups in total. The van der Waals surface area contributed by atoms with Crippen LogP contribution in [-0.2, 0) is 22.6 Å². The molecule has 1 aromatic carbocycles. The number of nitrogens with zero attached hydrogens (tertiary/aromatic N) is 1. The Hall–Kier alpha value is -2.76. The monoisotopic (exact) mass is 315 g/mol. The molecule has 0 fully saturated rings. The fraction of sp³-hybridized carbons (Fsp3) is 0.235. The molecule has 120 valence electrons. The highest BCUT2D eigenvalue weighted by molar-refractivity contribution is 5.96. The molecule has 2 rings (SSSR count). The molecule has 0 unspecified atom stereocenters. The van der Waals surface area contributed by atoms with Crippen LogP contribution in [0.3, 0.4) is 0 Å². The fourth-order valence-corrected chi connectivity index (χ4v) is 2.01. The summed E-state index contributed by atoms with van der Waals surface area (Å²) in [6.45, 7) is 0.616. The second kappa shape index (κ2) is 8.63. The molecule has 0 bridgehead atoms. The summed E-state index contributed by atoms with van der Waals surface area (Å²) in [5, 5.41) is 5.26. The first-order valence-electron chi connectivity index (χ1n) is 7.31. The number of carbonyl (C=O) groups is 2. The molecule has 23 heavy (non-hydrogen) atoms. The Morgan fingerprint density at radius 1 is 1.04 bits per heavy atom. The van der Waals surface area contributed by atoms with Crippen LogP contribution in [-0.4, -0.2) is 23.3 Å². The van der Waals surface area contributed by atoms with Gasteiger partial charge in [0.05, 0.1) is 0 Å². The van der Waals surface area contributed by atoms with Crippen LogP contribution in [0.5, 0.6) is 0 Å². The molecular weight excluding hydrogens is 297 g/mol. The summed E-state index contributed by atoms with van der Waals surface area (Å²) >= 11 is 0. The average Bonchev–Trinajstić information content (AvgIpc) is 2.56. The Kier molecular flexibility index (Phi) is 6.23. The summed E-state index contributed by atoms with van der Waals surface area (Å²) in [5.74, 6) is -1.04. The number of hydrogen-bond acceptors (Lipinski definition) is 3. The summed E-state index contributed by atoms with van der Waals surface area (Å²) in [7, 11) is 0. The van der Waals surface area contributed by atoms with Gasteiger partial charge in [0.2, 0.25) is 11.8 Å². The summed E-state index contributed by atoms with van der Waals surface area (Å²) in [6.07, 6.45) is 3.43. The predicted octanol–water partition coefficient (Wildman–Crippen LogP) is 1.59. The minimum Gasteiger partial charge on any atom is -0.355 e. The van der Waals surface area contributed by atoms with Crippen molar-refractivity contribution in [3.8, 4) is 0 Å². The van der Waals surface area contributed by atoms with E-state index < -0.39 is 0 Å². The highest BCUT2D eigenvalue weighted by atomic mass is 19.1. The van der Waals surface area contributed by atoms with Gasteiger partial charge in [0.15, 0.2) is 0 Å². The van der Waals surface area contributed by atoms with E-state index in [1.165, 1.54) is 6.07 Å². The largest absolute Gasteiger partial charge is 0.355 e. The predicted molar refractivity (Wildman–Crippen MR) is 83.8 cm³/mol. The van der Waals surface area contributed by atoms with E-state index in [0.717, 1.165) is 5.56 Å². The van der Waals surface area contributed by atoms with Gasteiger partial charge in [-0.1, -0.05) is 24.3 Å². The molecule has 0 aliphatic rings. The fourth-order valence-electron chi connectivity index (χ4n) is 2.01. The molecule has 1 heterocycles. The van der Waals surface area contributed by atoms with E-state index in [2.05, 4.69) is 15.6 Å².